The van der Waals surface area contributed by atoms with E-state index >= 15 is 0 Å². The van der Waals surface area contributed by atoms with Crippen molar-refractivity contribution in [2.45, 2.75) is 19.4 Å². The third kappa shape index (κ3) is 2.84. The number of benzene rings is 1. The molecule has 0 unspecified atom stereocenters. The zero-order chi connectivity index (χ0) is 15.5. The van der Waals surface area contributed by atoms with Crippen LogP contribution in [0.5, 0.6) is 5.75 Å². The lowest BCUT2D eigenvalue weighted by Crippen LogP contribution is -3.18. The summed E-state index contributed by atoms with van der Waals surface area (Å²) in [6.45, 7) is 5.29. The number of hydrogen-bond donors (Lipinski definition) is 1. The van der Waals surface area contributed by atoms with Crippen molar-refractivity contribution in [1.82, 2.24) is 0 Å². The van der Waals surface area contributed by atoms with E-state index in [9.17, 15) is 9.59 Å². The van der Waals surface area contributed by atoms with E-state index in [1.807, 2.05) is 13.0 Å². The van der Waals surface area contributed by atoms with Crippen LogP contribution in [0.25, 0.3) is 0 Å². The normalized spacial score (nSPS) is 23.1. The molecule has 22 heavy (non-hydrogen) atoms. The summed E-state index contributed by atoms with van der Waals surface area (Å²) in [5.41, 5.74) is 0.594. The molecule has 0 radical (unpaired) electrons. The van der Waals surface area contributed by atoms with Gasteiger partial charge in [0, 0.05) is 6.07 Å². The Kier molecular flexibility index (Phi) is 4.40. The second-order valence-electron chi connectivity index (χ2n) is 5.53. The molecule has 0 aliphatic carbocycles. The standard InChI is InChI=1S/C16H20N2O4/c1-2-22-13-5-3-4-12(10-13)18-15(19)11-14(16(18)20)17-6-8-21-9-7-17/h3-5,10,14H,2,6-9,11H2,1H3/p+1/t14-/m0/s1. The lowest BCUT2D eigenvalue weighted by molar-refractivity contribution is -0.922. The molecule has 2 heterocycles. The van der Waals surface area contributed by atoms with Gasteiger partial charge in [0.05, 0.1) is 31.9 Å². The average molecular weight is 305 g/mol. The van der Waals surface area contributed by atoms with Gasteiger partial charge in [-0.2, -0.15) is 0 Å². The van der Waals surface area contributed by atoms with Crippen molar-refractivity contribution in [2.24, 2.45) is 0 Å². The fourth-order valence-corrected chi connectivity index (χ4v) is 3.08. The highest BCUT2D eigenvalue weighted by atomic mass is 16.5. The number of anilines is 1. The number of rotatable bonds is 4. The molecule has 1 atom stereocenters. The molecule has 3 rings (SSSR count). The summed E-state index contributed by atoms with van der Waals surface area (Å²) in [4.78, 5) is 27.5. The van der Waals surface area contributed by atoms with Crippen LogP contribution in [-0.2, 0) is 14.3 Å². The molecule has 118 valence electrons. The van der Waals surface area contributed by atoms with E-state index in [2.05, 4.69) is 0 Å². The molecule has 0 bridgehead atoms. The number of morpholine rings is 1. The maximum absolute atomic E-state index is 12.7. The molecule has 6 heteroatoms. The van der Waals surface area contributed by atoms with Crippen LogP contribution in [0.2, 0.25) is 0 Å². The average Bonchev–Trinajstić information content (AvgIpc) is 2.84. The van der Waals surface area contributed by atoms with Gasteiger partial charge in [0.2, 0.25) is 5.91 Å². The maximum Gasteiger partial charge on any atom is 0.292 e. The predicted octanol–water partition coefficient (Wildman–Crippen LogP) is -0.368. The van der Waals surface area contributed by atoms with Gasteiger partial charge in [-0.1, -0.05) is 6.07 Å². The van der Waals surface area contributed by atoms with Crippen LogP contribution < -0.4 is 14.5 Å². The highest BCUT2D eigenvalue weighted by Crippen LogP contribution is 2.26. The van der Waals surface area contributed by atoms with Gasteiger partial charge >= 0.3 is 0 Å². The summed E-state index contributed by atoms with van der Waals surface area (Å²) in [5.74, 6) is 0.418. The number of quaternary nitrogens is 1. The number of ether oxygens (including phenoxy) is 2. The van der Waals surface area contributed by atoms with E-state index in [4.69, 9.17) is 9.47 Å². The van der Waals surface area contributed by atoms with Crippen molar-refractivity contribution in [2.75, 3.05) is 37.8 Å². The van der Waals surface area contributed by atoms with Crippen molar-refractivity contribution in [3.63, 3.8) is 0 Å². The maximum atomic E-state index is 12.7. The van der Waals surface area contributed by atoms with Gasteiger partial charge in [0.1, 0.15) is 18.8 Å². The fourth-order valence-electron chi connectivity index (χ4n) is 3.08. The van der Waals surface area contributed by atoms with Gasteiger partial charge in [-0.05, 0) is 19.1 Å². The van der Waals surface area contributed by atoms with Crippen LogP contribution in [0.15, 0.2) is 24.3 Å². The van der Waals surface area contributed by atoms with Crippen molar-refractivity contribution < 1.29 is 24.0 Å². The number of carbonyl (C=O) groups excluding carboxylic acids is 2. The Labute approximate surface area is 129 Å². The van der Waals surface area contributed by atoms with Crippen LogP contribution in [0.3, 0.4) is 0 Å². The van der Waals surface area contributed by atoms with Gasteiger partial charge in [-0.25, -0.2) is 4.90 Å². The van der Waals surface area contributed by atoms with Crippen LogP contribution in [0.4, 0.5) is 5.69 Å². The first kappa shape index (κ1) is 15.0. The zero-order valence-electron chi connectivity index (χ0n) is 12.7. The number of hydrogen-bond acceptors (Lipinski definition) is 4. The van der Waals surface area contributed by atoms with E-state index in [-0.39, 0.29) is 24.3 Å². The number of nitrogens with one attached hydrogen (secondary N) is 1. The quantitative estimate of drug-likeness (QED) is 0.771. The molecule has 6 nitrogen and oxygen atoms in total. The van der Waals surface area contributed by atoms with Crippen LogP contribution in [0, 0.1) is 0 Å². The number of amides is 2. The van der Waals surface area contributed by atoms with Crippen LogP contribution >= 0.6 is 0 Å². The van der Waals surface area contributed by atoms with Crippen molar-refractivity contribution in [3.05, 3.63) is 24.3 Å². The third-order valence-electron chi connectivity index (χ3n) is 4.16. The number of nitrogens with zero attached hydrogens (tertiary/aromatic N) is 1. The van der Waals surface area contributed by atoms with E-state index in [1.165, 1.54) is 4.90 Å². The molecule has 2 aliphatic heterocycles. The molecule has 2 amide bonds. The Hall–Kier alpha value is -1.92. The molecule has 2 fully saturated rings. The summed E-state index contributed by atoms with van der Waals surface area (Å²) in [5, 5.41) is 0. The Morgan fingerprint density at radius 3 is 2.82 bits per heavy atom. The second kappa shape index (κ2) is 6.46. The molecule has 0 aromatic heterocycles. The summed E-state index contributed by atoms with van der Waals surface area (Å²) in [6, 6.07) is 6.86. The minimum Gasteiger partial charge on any atom is -0.494 e. The number of carbonyl (C=O) groups is 2. The Balaban J connectivity index is 1.80. The molecule has 0 saturated carbocycles. The largest absolute Gasteiger partial charge is 0.494 e. The minimum absolute atomic E-state index is 0.115. The first-order valence-corrected chi connectivity index (χ1v) is 7.72. The summed E-state index contributed by atoms with van der Waals surface area (Å²) in [6.07, 6.45) is 0.271. The molecular weight excluding hydrogens is 284 g/mol. The first-order chi connectivity index (χ1) is 10.7. The highest BCUT2D eigenvalue weighted by Gasteiger charge is 2.46. The van der Waals surface area contributed by atoms with Crippen molar-refractivity contribution in [1.29, 1.82) is 0 Å². The molecule has 2 saturated heterocycles. The SMILES string of the molecule is CCOc1cccc(N2C(=O)C[C@H]([NH+]3CCOCC3)C2=O)c1. The van der Waals surface area contributed by atoms with Crippen molar-refractivity contribution in [3.8, 4) is 5.75 Å². The molecular formula is C16H21N2O4+. The first-order valence-electron chi connectivity index (χ1n) is 7.72. The monoisotopic (exact) mass is 305 g/mol. The fraction of sp³-hybridized carbons (Fsp3) is 0.500. The predicted molar refractivity (Wildman–Crippen MR) is 80.0 cm³/mol. The van der Waals surface area contributed by atoms with Crippen LogP contribution in [0.1, 0.15) is 13.3 Å². The Morgan fingerprint density at radius 1 is 1.32 bits per heavy atom. The van der Waals surface area contributed by atoms with Gasteiger partial charge < -0.3 is 14.4 Å². The molecule has 1 aromatic rings. The van der Waals surface area contributed by atoms with Gasteiger partial charge in [0.25, 0.3) is 5.91 Å². The lowest BCUT2D eigenvalue weighted by Gasteiger charge is -2.27. The smallest absolute Gasteiger partial charge is 0.292 e. The summed E-state index contributed by atoms with van der Waals surface area (Å²) >= 11 is 0. The van der Waals surface area contributed by atoms with Crippen LogP contribution in [-0.4, -0.2) is 50.8 Å². The third-order valence-corrected chi connectivity index (χ3v) is 4.16. The van der Waals surface area contributed by atoms with Gasteiger partial charge in [-0.15, -0.1) is 0 Å². The van der Waals surface area contributed by atoms with Gasteiger partial charge in [-0.3, -0.25) is 9.59 Å². The van der Waals surface area contributed by atoms with E-state index in [0.29, 0.717) is 31.3 Å². The van der Waals surface area contributed by atoms with Crippen molar-refractivity contribution >= 4 is 17.5 Å². The molecule has 1 aromatic carbocycles. The van der Waals surface area contributed by atoms with E-state index < -0.39 is 0 Å². The summed E-state index contributed by atoms with van der Waals surface area (Å²) in [7, 11) is 0. The van der Waals surface area contributed by atoms with Gasteiger partial charge in [0.15, 0.2) is 6.04 Å². The number of imide groups is 1. The Bertz CT molecular complexity index is 569. The summed E-state index contributed by atoms with van der Waals surface area (Å²) < 4.78 is 10.8. The molecule has 2 aliphatic rings. The Morgan fingerprint density at radius 2 is 2.09 bits per heavy atom. The zero-order valence-corrected chi connectivity index (χ0v) is 12.7. The van der Waals surface area contributed by atoms with E-state index in [1.54, 1.807) is 18.2 Å². The second-order valence-corrected chi connectivity index (χ2v) is 5.53. The highest BCUT2D eigenvalue weighted by molar-refractivity contribution is 6.21. The van der Waals surface area contributed by atoms with E-state index in [0.717, 1.165) is 18.0 Å². The molecule has 1 N–H and O–H groups in total. The molecule has 0 spiro atoms. The topological polar surface area (TPSA) is 60.3 Å². The minimum atomic E-state index is -0.285. The lowest BCUT2D eigenvalue weighted by atomic mass is 10.2.